The van der Waals surface area contributed by atoms with Gasteiger partial charge in [-0.2, -0.15) is 0 Å². The van der Waals surface area contributed by atoms with Crippen molar-refractivity contribution in [3.8, 4) is 0 Å². The normalized spacial score (nSPS) is 19.9. The molecule has 0 fully saturated rings. The Bertz CT molecular complexity index is 913. The number of carbonyl (C=O) groups is 1. The molecule has 1 aromatic heterocycles. The van der Waals surface area contributed by atoms with Gasteiger partial charge in [0.15, 0.2) is 12.1 Å². The zero-order valence-corrected chi connectivity index (χ0v) is 13.9. The lowest BCUT2D eigenvalue weighted by atomic mass is 9.88. The van der Waals surface area contributed by atoms with E-state index in [9.17, 15) is 4.79 Å². The molecule has 3 aromatic rings. The molecule has 4 nitrogen and oxygen atoms in total. The summed E-state index contributed by atoms with van der Waals surface area (Å²) in [4.78, 5) is 15.8. The van der Waals surface area contributed by atoms with E-state index in [4.69, 9.17) is 4.74 Å². The maximum Gasteiger partial charge on any atom is 0.364 e. The molecule has 0 radical (unpaired) electrons. The second-order valence-electron chi connectivity index (χ2n) is 6.42. The van der Waals surface area contributed by atoms with Crippen molar-refractivity contribution in [2.45, 2.75) is 25.4 Å². The average molecular weight is 321 g/mol. The van der Waals surface area contributed by atoms with Crippen molar-refractivity contribution in [2.75, 3.05) is 7.11 Å². The van der Waals surface area contributed by atoms with Crippen molar-refractivity contribution in [3.63, 3.8) is 0 Å². The van der Waals surface area contributed by atoms with Gasteiger partial charge >= 0.3 is 5.97 Å². The first kappa shape index (κ1) is 15.0. The number of aromatic amines is 1. The minimum atomic E-state index is -0.216. The lowest BCUT2D eigenvalue weighted by Gasteiger charge is -2.27. The van der Waals surface area contributed by atoms with E-state index in [1.54, 1.807) is 0 Å². The number of nitrogens with one attached hydrogen (secondary N) is 1. The first-order chi connectivity index (χ1) is 11.7. The fourth-order valence-corrected chi connectivity index (χ4v) is 3.83. The highest BCUT2D eigenvalue weighted by molar-refractivity contribution is 5.86. The summed E-state index contributed by atoms with van der Waals surface area (Å²) in [5.74, 6) is -0.162. The number of methoxy groups -OCH3 is 1. The zero-order valence-electron chi connectivity index (χ0n) is 13.9. The number of carbonyl (C=O) groups excluding carboxylic acids is 1. The van der Waals surface area contributed by atoms with Crippen LogP contribution < -0.4 is 5.32 Å². The Kier molecular flexibility index (Phi) is 3.62. The second-order valence-corrected chi connectivity index (χ2v) is 6.42. The first-order valence-electron chi connectivity index (χ1n) is 8.27. The van der Waals surface area contributed by atoms with Crippen molar-refractivity contribution in [1.29, 1.82) is 0 Å². The number of aromatic nitrogens is 1. The van der Waals surface area contributed by atoms with Crippen LogP contribution in [0.4, 0.5) is 0 Å². The van der Waals surface area contributed by atoms with E-state index in [-0.39, 0.29) is 18.1 Å². The van der Waals surface area contributed by atoms with Crippen LogP contribution >= 0.6 is 0 Å². The lowest BCUT2D eigenvalue weighted by Crippen LogP contribution is -2.94. The van der Waals surface area contributed by atoms with E-state index >= 15 is 0 Å². The average Bonchev–Trinajstić information content (AvgIpc) is 2.99. The smallest absolute Gasteiger partial charge is 0.364 e. The third-order valence-corrected chi connectivity index (χ3v) is 5.03. The molecule has 24 heavy (non-hydrogen) atoms. The quantitative estimate of drug-likeness (QED) is 0.711. The number of benzene rings is 2. The molecular weight excluding hydrogens is 300 g/mol. The molecular formula is C20H21N2O2+. The van der Waals surface area contributed by atoms with Crippen LogP contribution in [-0.2, 0) is 16.0 Å². The number of aryl methyl sites for hydroxylation is 1. The largest absolute Gasteiger partial charge is 0.465 e. The minimum Gasteiger partial charge on any atom is -0.465 e. The third kappa shape index (κ3) is 2.31. The fourth-order valence-electron chi connectivity index (χ4n) is 3.83. The van der Waals surface area contributed by atoms with Crippen LogP contribution in [0.5, 0.6) is 0 Å². The van der Waals surface area contributed by atoms with Gasteiger partial charge in [-0.25, -0.2) is 4.79 Å². The Morgan fingerprint density at radius 2 is 1.92 bits per heavy atom. The number of rotatable bonds is 2. The maximum atomic E-state index is 12.2. The number of esters is 1. The Morgan fingerprint density at radius 1 is 1.17 bits per heavy atom. The number of hydrogen-bond acceptors (Lipinski definition) is 2. The van der Waals surface area contributed by atoms with E-state index in [1.165, 1.54) is 34.9 Å². The highest BCUT2D eigenvalue weighted by Crippen LogP contribution is 2.32. The second kappa shape index (κ2) is 5.80. The van der Waals surface area contributed by atoms with E-state index in [0.717, 1.165) is 5.52 Å². The molecule has 0 bridgehead atoms. The number of ether oxygens (including phenoxy) is 1. The van der Waals surface area contributed by atoms with Crippen LogP contribution in [0.15, 0.2) is 48.5 Å². The van der Waals surface area contributed by atoms with Crippen LogP contribution in [0.3, 0.4) is 0 Å². The molecule has 3 N–H and O–H groups in total. The van der Waals surface area contributed by atoms with Crippen LogP contribution in [0.1, 0.15) is 28.4 Å². The standard InChI is InChI=1S/C20H20N2O2/c1-12-7-3-4-8-13(12)18-19-15(11-17(22-18)20(23)24-2)14-9-5-6-10-16(14)21-19/h3-10,17-18,21-22H,11H2,1-2H3/p+1/t17-,18-/m0/s1. The SMILES string of the molecule is COC(=O)[C@@H]1Cc2c([nH]c3ccccc23)[C@H](c2ccccc2C)[NH2+]1. The highest BCUT2D eigenvalue weighted by atomic mass is 16.5. The molecule has 1 aliphatic rings. The molecule has 2 aromatic carbocycles. The number of H-pyrrole nitrogens is 1. The molecule has 2 atom stereocenters. The van der Waals surface area contributed by atoms with Gasteiger partial charge in [0.25, 0.3) is 0 Å². The number of quaternary nitrogens is 1. The van der Waals surface area contributed by atoms with E-state index in [0.29, 0.717) is 6.42 Å². The van der Waals surface area contributed by atoms with Gasteiger partial charge in [0.2, 0.25) is 0 Å². The van der Waals surface area contributed by atoms with Crippen molar-refractivity contribution in [3.05, 3.63) is 70.9 Å². The summed E-state index contributed by atoms with van der Waals surface area (Å²) in [6.07, 6.45) is 0.689. The number of nitrogens with two attached hydrogens (primary N) is 1. The summed E-state index contributed by atoms with van der Waals surface area (Å²) in [5.41, 5.74) is 6.02. The van der Waals surface area contributed by atoms with E-state index in [1.807, 2.05) is 18.2 Å². The van der Waals surface area contributed by atoms with Crippen molar-refractivity contribution >= 4 is 16.9 Å². The molecule has 122 valence electrons. The Labute approximate surface area is 140 Å². The molecule has 1 aliphatic heterocycles. The monoisotopic (exact) mass is 321 g/mol. The molecule has 4 rings (SSSR count). The van der Waals surface area contributed by atoms with Gasteiger partial charge in [-0.3, -0.25) is 0 Å². The van der Waals surface area contributed by atoms with Gasteiger partial charge in [-0.05, 0) is 24.1 Å². The molecule has 0 spiro atoms. The number of hydrogen-bond donors (Lipinski definition) is 2. The summed E-state index contributed by atoms with van der Waals surface area (Å²) in [5, 5.41) is 3.33. The summed E-state index contributed by atoms with van der Waals surface area (Å²) >= 11 is 0. The number of fused-ring (bicyclic) bond motifs is 3. The third-order valence-electron chi connectivity index (χ3n) is 5.03. The highest BCUT2D eigenvalue weighted by Gasteiger charge is 2.38. The van der Waals surface area contributed by atoms with Gasteiger partial charge in [-0.15, -0.1) is 0 Å². The summed E-state index contributed by atoms with van der Waals surface area (Å²) in [6.45, 7) is 2.12. The predicted octanol–water partition coefficient (Wildman–Crippen LogP) is 2.23. The fraction of sp³-hybridized carbons (Fsp3) is 0.250. The van der Waals surface area contributed by atoms with Crippen molar-refractivity contribution in [1.82, 2.24) is 4.98 Å². The van der Waals surface area contributed by atoms with E-state index < -0.39 is 0 Å². The van der Waals surface area contributed by atoms with Gasteiger partial charge in [0.1, 0.15) is 0 Å². The van der Waals surface area contributed by atoms with Crippen molar-refractivity contribution < 1.29 is 14.8 Å². The minimum absolute atomic E-state index is 0.0754. The summed E-state index contributed by atoms with van der Waals surface area (Å²) < 4.78 is 5.03. The molecule has 0 saturated carbocycles. The topological polar surface area (TPSA) is 58.7 Å². The zero-order chi connectivity index (χ0) is 16.7. The van der Waals surface area contributed by atoms with Crippen LogP contribution in [0, 0.1) is 6.92 Å². The molecule has 4 heteroatoms. The van der Waals surface area contributed by atoms with Gasteiger partial charge in [0, 0.05) is 22.9 Å². The van der Waals surface area contributed by atoms with Gasteiger partial charge in [-0.1, -0.05) is 42.5 Å². The Balaban J connectivity index is 1.90. The maximum absolute atomic E-state index is 12.2. The first-order valence-corrected chi connectivity index (χ1v) is 8.27. The van der Waals surface area contributed by atoms with Crippen LogP contribution in [0.2, 0.25) is 0 Å². The number of para-hydroxylation sites is 1. The van der Waals surface area contributed by atoms with Crippen molar-refractivity contribution in [2.24, 2.45) is 0 Å². The molecule has 0 amide bonds. The van der Waals surface area contributed by atoms with Crippen LogP contribution in [0.25, 0.3) is 10.9 Å². The van der Waals surface area contributed by atoms with E-state index in [2.05, 4.69) is 47.6 Å². The van der Waals surface area contributed by atoms with Crippen LogP contribution in [-0.4, -0.2) is 24.1 Å². The van der Waals surface area contributed by atoms with Gasteiger partial charge < -0.3 is 15.0 Å². The molecule has 0 aliphatic carbocycles. The summed E-state index contributed by atoms with van der Waals surface area (Å²) in [6, 6.07) is 16.5. The predicted molar refractivity (Wildman–Crippen MR) is 92.8 cm³/mol. The lowest BCUT2D eigenvalue weighted by molar-refractivity contribution is -0.712. The van der Waals surface area contributed by atoms with Gasteiger partial charge in [0.05, 0.1) is 12.8 Å². The molecule has 0 unspecified atom stereocenters. The summed E-state index contributed by atoms with van der Waals surface area (Å²) in [7, 11) is 1.46. The Morgan fingerprint density at radius 3 is 2.71 bits per heavy atom. The molecule has 2 heterocycles. The molecule has 0 saturated heterocycles. The Hall–Kier alpha value is -2.59.